The van der Waals surface area contributed by atoms with Crippen molar-refractivity contribution in [2.75, 3.05) is 11.9 Å². The van der Waals surface area contributed by atoms with Crippen LogP contribution in [0.3, 0.4) is 0 Å². The Balaban J connectivity index is 1.35. The van der Waals surface area contributed by atoms with Gasteiger partial charge in [0.1, 0.15) is 6.54 Å². The van der Waals surface area contributed by atoms with Crippen molar-refractivity contribution in [3.63, 3.8) is 0 Å². The SMILES string of the molecule is Cc1cccc(C)c1NC(=O)CN1C(=O)[C@@H]2[C@@H]3C=C[C@H]([C@H]4C[C@H]34)[C@@H]2C1=O. The van der Waals surface area contributed by atoms with Crippen LogP contribution < -0.4 is 5.32 Å². The van der Waals surface area contributed by atoms with Crippen molar-refractivity contribution < 1.29 is 14.4 Å². The van der Waals surface area contributed by atoms with Gasteiger partial charge in [0.15, 0.2) is 0 Å². The third-order valence-electron chi connectivity index (χ3n) is 6.80. The molecule has 6 atom stereocenters. The fourth-order valence-corrected chi connectivity index (χ4v) is 5.51. The highest BCUT2D eigenvalue weighted by Gasteiger charge is 2.67. The zero-order valence-electron chi connectivity index (χ0n) is 14.9. The number of carbonyl (C=O) groups excluding carboxylic acids is 3. The van der Waals surface area contributed by atoms with Gasteiger partial charge in [-0.2, -0.15) is 0 Å². The Labute approximate surface area is 152 Å². The summed E-state index contributed by atoms with van der Waals surface area (Å²) in [6.07, 6.45) is 5.43. The topological polar surface area (TPSA) is 66.5 Å². The number of benzene rings is 1. The second kappa shape index (κ2) is 5.29. The molecule has 1 aliphatic heterocycles. The second-order valence-electron chi connectivity index (χ2n) is 8.23. The molecule has 0 unspecified atom stereocenters. The Morgan fingerprint density at radius 1 is 1.04 bits per heavy atom. The summed E-state index contributed by atoms with van der Waals surface area (Å²) in [6.45, 7) is 3.67. The zero-order valence-corrected chi connectivity index (χ0v) is 14.9. The van der Waals surface area contributed by atoms with E-state index in [1.165, 1.54) is 4.90 Å². The maximum Gasteiger partial charge on any atom is 0.244 e. The van der Waals surface area contributed by atoms with Crippen LogP contribution in [0.5, 0.6) is 0 Å². The molecule has 1 aromatic rings. The predicted octanol–water partition coefficient (Wildman–Crippen LogP) is 2.30. The monoisotopic (exact) mass is 350 g/mol. The van der Waals surface area contributed by atoms with Crippen LogP contribution in [0.1, 0.15) is 17.5 Å². The van der Waals surface area contributed by atoms with E-state index in [0.717, 1.165) is 23.2 Å². The van der Waals surface area contributed by atoms with Crippen LogP contribution in [-0.2, 0) is 14.4 Å². The number of para-hydroxylation sites is 1. The molecule has 2 saturated carbocycles. The fraction of sp³-hybridized carbons (Fsp3) is 0.476. The number of nitrogens with zero attached hydrogens (tertiary/aromatic N) is 1. The van der Waals surface area contributed by atoms with Crippen molar-refractivity contribution in [1.82, 2.24) is 4.90 Å². The number of aryl methyl sites for hydroxylation is 2. The summed E-state index contributed by atoms with van der Waals surface area (Å²) in [7, 11) is 0. The number of carbonyl (C=O) groups is 3. The van der Waals surface area contributed by atoms with Crippen molar-refractivity contribution in [2.24, 2.45) is 35.5 Å². The highest BCUT2D eigenvalue weighted by atomic mass is 16.2. The van der Waals surface area contributed by atoms with Crippen molar-refractivity contribution in [2.45, 2.75) is 20.3 Å². The molecule has 5 heteroatoms. The largest absolute Gasteiger partial charge is 0.324 e. The van der Waals surface area contributed by atoms with E-state index in [9.17, 15) is 14.4 Å². The van der Waals surface area contributed by atoms with Crippen LogP contribution in [-0.4, -0.2) is 29.2 Å². The fourth-order valence-electron chi connectivity index (χ4n) is 5.51. The van der Waals surface area contributed by atoms with Gasteiger partial charge in [0.25, 0.3) is 0 Å². The molecule has 26 heavy (non-hydrogen) atoms. The molecule has 1 saturated heterocycles. The predicted molar refractivity (Wildman–Crippen MR) is 96.0 cm³/mol. The minimum Gasteiger partial charge on any atom is -0.324 e. The average Bonchev–Trinajstić information content (AvgIpc) is 3.40. The molecule has 2 bridgehead atoms. The maximum atomic E-state index is 12.9. The number of allylic oxidation sites excluding steroid dienone is 2. The number of nitrogens with one attached hydrogen (secondary N) is 1. The Hall–Kier alpha value is -2.43. The number of likely N-dealkylation sites (tertiary alicyclic amines) is 1. The van der Waals surface area contributed by atoms with Gasteiger partial charge < -0.3 is 5.32 Å². The molecule has 6 rings (SSSR count). The van der Waals surface area contributed by atoms with Gasteiger partial charge in [0.05, 0.1) is 11.8 Å². The summed E-state index contributed by atoms with van der Waals surface area (Å²) in [6, 6.07) is 5.80. The van der Waals surface area contributed by atoms with E-state index in [4.69, 9.17) is 0 Å². The number of rotatable bonds is 3. The highest BCUT2D eigenvalue weighted by molar-refractivity contribution is 6.09. The van der Waals surface area contributed by atoms with Gasteiger partial charge in [-0.25, -0.2) is 0 Å². The van der Waals surface area contributed by atoms with Gasteiger partial charge in [-0.3, -0.25) is 19.3 Å². The molecule has 1 N–H and O–H groups in total. The third-order valence-corrected chi connectivity index (χ3v) is 6.80. The van der Waals surface area contributed by atoms with Crippen LogP contribution in [0.2, 0.25) is 0 Å². The van der Waals surface area contributed by atoms with Crippen LogP contribution in [0.4, 0.5) is 5.69 Å². The molecular formula is C21H22N2O3. The summed E-state index contributed by atoms with van der Waals surface area (Å²) >= 11 is 0. The minimum atomic E-state index is -0.312. The Bertz CT molecular complexity index is 818. The number of imide groups is 1. The molecule has 1 heterocycles. The summed E-state index contributed by atoms with van der Waals surface area (Å²) in [4.78, 5) is 39.6. The number of amides is 3. The smallest absolute Gasteiger partial charge is 0.244 e. The molecule has 0 radical (unpaired) electrons. The van der Waals surface area contributed by atoms with Crippen LogP contribution >= 0.6 is 0 Å². The number of anilines is 1. The zero-order chi connectivity index (χ0) is 18.2. The van der Waals surface area contributed by atoms with E-state index in [0.29, 0.717) is 11.8 Å². The van der Waals surface area contributed by atoms with E-state index >= 15 is 0 Å². The lowest BCUT2D eigenvalue weighted by Gasteiger charge is -2.37. The molecule has 0 spiro atoms. The van der Waals surface area contributed by atoms with Crippen molar-refractivity contribution >= 4 is 23.4 Å². The molecule has 3 amide bonds. The van der Waals surface area contributed by atoms with Crippen molar-refractivity contribution in [1.29, 1.82) is 0 Å². The van der Waals surface area contributed by atoms with E-state index in [1.54, 1.807) is 0 Å². The Morgan fingerprint density at radius 2 is 1.58 bits per heavy atom. The maximum absolute atomic E-state index is 12.9. The number of hydrogen-bond acceptors (Lipinski definition) is 3. The first-order valence-corrected chi connectivity index (χ1v) is 9.37. The first kappa shape index (κ1) is 15.8. The van der Waals surface area contributed by atoms with Crippen LogP contribution in [0, 0.1) is 49.4 Å². The first-order chi connectivity index (χ1) is 12.5. The first-order valence-electron chi connectivity index (χ1n) is 9.37. The van der Waals surface area contributed by atoms with Crippen LogP contribution in [0.15, 0.2) is 30.4 Å². The average molecular weight is 350 g/mol. The second-order valence-corrected chi connectivity index (χ2v) is 8.23. The van der Waals surface area contributed by atoms with Gasteiger partial charge in [0.2, 0.25) is 17.7 Å². The van der Waals surface area contributed by atoms with Crippen LogP contribution in [0.25, 0.3) is 0 Å². The van der Waals surface area contributed by atoms with Gasteiger partial charge in [-0.1, -0.05) is 30.4 Å². The quantitative estimate of drug-likeness (QED) is 0.672. The molecule has 5 nitrogen and oxygen atoms in total. The summed E-state index contributed by atoms with van der Waals surface area (Å²) in [5.41, 5.74) is 2.69. The molecule has 3 fully saturated rings. The van der Waals surface area contributed by atoms with Gasteiger partial charge in [0, 0.05) is 5.69 Å². The minimum absolute atomic E-state index is 0.152. The lowest BCUT2D eigenvalue weighted by atomic mass is 9.63. The standard InChI is InChI=1S/C21H22N2O3/c1-10-4-3-5-11(2)19(10)22-16(24)9-23-20(25)17-12-6-7-13(15-8-14(12)15)18(17)21(23)26/h3-7,12-15,17-18H,8-9H2,1-2H3,(H,22,24)/t12-,13-,14-,15-,17-,18+/m1/s1. The van der Waals surface area contributed by atoms with Crippen molar-refractivity contribution in [3.05, 3.63) is 41.5 Å². The number of hydrogen-bond donors (Lipinski definition) is 1. The summed E-state index contributed by atoms with van der Waals surface area (Å²) in [5, 5.41) is 2.88. The van der Waals surface area contributed by atoms with E-state index < -0.39 is 0 Å². The van der Waals surface area contributed by atoms with Gasteiger partial charge in [-0.05, 0) is 55.1 Å². The Kier molecular flexibility index (Phi) is 3.21. The molecular weight excluding hydrogens is 328 g/mol. The van der Waals surface area contributed by atoms with Gasteiger partial charge in [-0.15, -0.1) is 0 Å². The van der Waals surface area contributed by atoms with E-state index in [-0.39, 0.29) is 47.9 Å². The molecule has 4 aliphatic carbocycles. The normalized spacial score (nSPS) is 36.2. The Morgan fingerprint density at radius 3 is 2.12 bits per heavy atom. The van der Waals surface area contributed by atoms with Gasteiger partial charge >= 0.3 is 0 Å². The van der Waals surface area contributed by atoms with E-state index in [1.807, 2.05) is 32.0 Å². The third kappa shape index (κ3) is 2.06. The van der Waals surface area contributed by atoms with Crippen molar-refractivity contribution in [3.8, 4) is 0 Å². The lowest BCUT2D eigenvalue weighted by molar-refractivity contribution is -0.142. The highest BCUT2D eigenvalue weighted by Crippen LogP contribution is 2.65. The molecule has 5 aliphatic rings. The summed E-state index contributed by atoms with van der Waals surface area (Å²) < 4.78 is 0. The lowest BCUT2D eigenvalue weighted by Crippen LogP contribution is -2.40. The molecule has 1 aromatic carbocycles. The van der Waals surface area contributed by atoms with E-state index in [2.05, 4.69) is 17.5 Å². The summed E-state index contributed by atoms with van der Waals surface area (Å²) in [5.74, 6) is 0.438. The molecule has 134 valence electrons. The molecule has 0 aromatic heterocycles.